The van der Waals surface area contributed by atoms with Crippen molar-refractivity contribution >= 4 is 21.7 Å². The maximum absolute atomic E-state index is 5.75. The van der Waals surface area contributed by atoms with Gasteiger partial charge in [0.25, 0.3) is 0 Å². The van der Waals surface area contributed by atoms with Crippen LogP contribution in [-0.4, -0.2) is 9.97 Å². The van der Waals surface area contributed by atoms with Crippen LogP contribution < -0.4 is 5.73 Å². The molecular weight excluding hydrogens is 278 g/mol. The maximum atomic E-state index is 5.75. The molecule has 1 aromatic heterocycles. The normalized spacial score (nSPS) is 10.5. The lowest BCUT2D eigenvalue weighted by atomic mass is 10.1. The molecule has 1 aromatic carbocycles. The van der Waals surface area contributed by atoms with Crippen LogP contribution in [0.3, 0.4) is 0 Å². The summed E-state index contributed by atoms with van der Waals surface area (Å²) in [7, 11) is 0. The topological polar surface area (TPSA) is 51.8 Å². The number of halogens is 1. The first-order valence-electron chi connectivity index (χ1n) is 5.54. The molecule has 0 saturated carbocycles. The fourth-order valence-corrected chi connectivity index (χ4v) is 1.88. The predicted octanol–water partition coefficient (Wildman–Crippen LogP) is 2.97. The average Bonchev–Trinajstić information content (AvgIpc) is 2.31. The highest BCUT2D eigenvalue weighted by Crippen LogP contribution is 2.13. The van der Waals surface area contributed by atoms with Gasteiger partial charge in [-0.15, -0.1) is 0 Å². The van der Waals surface area contributed by atoms with E-state index in [1.807, 2.05) is 18.2 Å². The van der Waals surface area contributed by atoms with Gasteiger partial charge >= 0.3 is 0 Å². The number of aromatic nitrogens is 2. The van der Waals surface area contributed by atoms with Gasteiger partial charge in [-0.05, 0) is 24.1 Å². The van der Waals surface area contributed by atoms with Gasteiger partial charge in [-0.2, -0.15) is 0 Å². The van der Waals surface area contributed by atoms with Gasteiger partial charge in [0.2, 0.25) is 0 Å². The van der Waals surface area contributed by atoms with E-state index in [4.69, 9.17) is 5.73 Å². The van der Waals surface area contributed by atoms with Gasteiger partial charge < -0.3 is 5.73 Å². The van der Waals surface area contributed by atoms with Crippen LogP contribution in [-0.2, 0) is 12.8 Å². The van der Waals surface area contributed by atoms with E-state index in [9.17, 15) is 0 Å². The van der Waals surface area contributed by atoms with Crippen molar-refractivity contribution in [3.05, 3.63) is 51.9 Å². The summed E-state index contributed by atoms with van der Waals surface area (Å²) in [5, 5.41) is 0. The zero-order valence-electron chi connectivity index (χ0n) is 9.65. The maximum Gasteiger partial charge on any atom is 0.135 e. The monoisotopic (exact) mass is 291 g/mol. The van der Waals surface area contributed by atoms with Crippen LogP contribution in [0.1, 0.15) is 24.0 Å². The number of benzene rings is 1. The van der Waals surface area contributed by atoms with Crippen LogP contribution in [0.25, 0.3) is 0 Å². The Morgan fingerprint density at radius 2 is 1.88 bits per heavy atom. The van der Waals surface area contributed by atoms with Crippen LogP contribution >= 0.6 is 15.9 Å². The van der Waals surface area contributed by atoms with Gasteiger partial charge in [-0.1, -0.05) is 35.0 Å². The third-order valence-electron chi connectivity index (χ3n) is 2.48. The Labute approximate surface area is 109 Å². The zero-order chi connectivity index (χ0) is 12.3. The molecule has 2 N–H and O–H groups in total. The highest BCUT2D eigenvalue weighted by molar-refractivity contribution is 9.10. The second-order valence-electron chi connectivity index (χ2n) is 3.86. The molecule has 0 aliphatic heterocycles. The Hall–Kier alpha value is -1.42. The SMILES string of the molecule is CCc1cc(N)nc(Cc2ccc(Br)cc2)n1. The van der Waals surface area contributed by atoms with Crippen LogP contribution in [0.2, 0.25) is 0 Å². The van der Waals surface area contributed by atoms with Gasteiger partial charge in [-0.3, -0.25) is 0 Å². The van der Waals surface area contributed by atoms with Gasteiger partial charge in [0.15, 0.2) is 0 Å². The van der Waals surface area contributed by atoms with Crippen LogP contribution in [0.5, 0.6) is 0 Å². The summed E-state index contributed by atoms with van der Waals surface area (Å²) in [6, 6.07) is 9.97. The van der Waals surface area contributed by atoms with E-state index in [2.05, 4.69) is 45.0 Å². The lowest BCUT2D eigenvalue weighted by molar-refractivity contribution is 0.911. The minimum Gasteiger partial charge on any atom is -0.384 e. The molecule has 0 spiro atoms. The molecule has 0 fully saturated rings. The molecule has 0 bridgehead atoms. The molecule has 17 heavy (non-hydrogen) atoms. The average molecular weight is 292 g/mol. The van der Waals surface area contributed by atoms with E-state index in [-0.39, 0.29) is 0 Å². The molecule has 0 atom stereocenters. The Balaban J connectivity index is 2.23. The van der Waals surface area contributed by atoms with Crippen molar-refractivity contribution in [2.75, 3.05) is 5.73 Å². The molecule has 0 aliphatic rings. The van der Waals surface area contributed by atoms with Gasteiger partial charge in [0.05, 0.1) is 0 Å². The third kappa shape index (κ3) is 3.27. The van der Waals surface area contributed by atoms with Crippen LogP contribution in [0.4, 0.5) is 5.82 Å². The number of hydrogen-bond acceptors (Lipinski definition) is 3. The molecule has 0 aliphatic carbocycles. The number of anilines is 1. The van der Waals surface area contributed by atoms with E-state index in [0.717, 1.165) is 22.4 Å². The number of nitrogens with two attached hydrogens (primary N) is 1. The molecule has 2 rings (SSSR count). The summed E-state index contributed by atoms with van der Waals surface area (Å²) in [5.41, 5.74) is 7.93. The van der Waals surface area contributed by atoms with Crippen molar-refractivity contribution < 1.29 is 0 Å². The first-order valence-corrected chi connectivity index (χ1v) is 6.33. The number of aryl methyl sites for hydroxylation is 1. The number of rotatable bonds is 3. The molecule has 0 unspecified atom stereocenters. The summed E-state index contributed by atoms with van der Waals surface area (Å²) < 4.78 is 1.07. The van der Waals surface area contributed by atoms with Crippen molar-refractivity contribution in [2.24, 2.45) is 0 Å². The van der Waals surface area contributed by atoms with E-state index in [1.165, 1.54) is 5.56 Å². The largest absolute Gasteiger partial charge is 0.384 e. The lowest BCUT2D eigenvalue weighted by Crippen LogP contribution is -2.03. The van der Waals surface area contributed by atoms with E-state index in [1.54, 1.807) is 0 Å². The van der Waals surface area contributed by atoms with Crippen molar-refractivity contribution in [3.63, 3.8) is 0 Å². The second-order valence-corrected chi connectivity index (χ2v) is 4.77. The van der Waals surface area contributed by atoms with Crippen LogP contribution in [0.15, 0.2) is 34.8 Å². The van der Waals surface area contributed by atoms with Gasteiger partial charge in [0.1, 0.15) is 11.6 Å². The Bertz CT molecular complexity index is 509. The summed E-state index contributed by atoms with van der Waals surface area (Å²) in [6.07, 6.45) is 1.59. The smallest absolute Gasteiger partial charge is 0.135 e. The highest BCUT2D eigenvalue weighted by atomic mass is 79.9. The van der Waals surface area contributed by atoms with Crippen molar-refractivity contribution in [1.82, 2.24) is 9.97 Å². The highest BCUT2D eigenvalue weighted by Gasteiger charge is 2.03. The summed E-state index contributed by atoms with van der Waals surface area (Å²) in [5.74, 6) is 1.33. The molecule has 4 heteroatoms. The quantitative estimate of drug-likeness (QED) is 0.946. The molecule has 3 nitrogen and oxygen atoms in total. The molecule has 88 valence electrons. The lowest BCUT2D eigenvalue weighted by Gasteiger charge is -2.04. The predicted molar refractivity (Wildman–Crippen MR) is 72.8 cm³/mol. The minimum absolute atomic E-state index is 0.545. The standard InChI is InChI=1S/C13H14BrN3/c1-2-11-8-12(15)17-13(16-11)7-9-3-5-10(14)6-4-9/h3-6,8H,2,7H2,1H3,(H2,15,16,17). The van der Waals surface area contributed by atoms with E-state index >= 15 is 0 Å². The number of nitrogens with zero attached hydrogens (tertiary/aromatic N) is 2. The van der Waals surface area contributed by atoms with E-state index in [0.29, 0.717) is 12.2 Å². The van der Waals surface area contributed by atoms with Crippen molar-refractivity contribution in [3.8, 4) is 0 Å². The summed E-state index contributed by atoms with van der Waals surface area (Å²) in [6.45, 7) is 2.06. The third-order valence-corrected chi connectivity index (χ3v) is 3.01. The fourth-order valence-electron chi connectivity index (χ4n) is 1.62. The first-order chi connectivity index (χ1) is 8.17. The van der Waals surface area contributed by atoms with Crippen LogP contribution in [0, 0.1) is 0 Å². The number of nitrogen functional groups attached to an aromatic ring is 1. The Morgan fingerprint density at radius 3 is 2.53 bits per heavy atom. The Morgan fingerprint density at radius 1 is 1.18 bits per heavy atom. The molecular formula is C13H14BrN3. The van der Waals surface area contributed by atoms with Gasteiger partial charge in [0, 0.05) is 22.7 Å². The van der Waals surface area contributed by atoms with Gasteiger partial charge in [-0.25, -0.2) is 9.97 Å². The molecule has 0 amide bonds. The summed E-state index contributed by atoms with van der Waals surface area (Å²) in [4.78, 5) is 8.72. The number of hydrogen-bond donors (Lipinski definition) is 1. The molecule has 0 radical (unpaired) electrons. The fraction of sp³-hybridized carbons (Fsp3) is 0.231. The first kappa shape index (κ1) is 12.0. The summed E-state index contributed by atoms with van der Waals surface area (Å²) >= 11 is 3.41. The minimum atomic E-state index is 0.545. The molecule has 2 aromatic rings. The van der Waals surface area contributed by atoms with Crippen molar-refractivity contribution in [1.29, 1.82) is 0 Å². The zero-order valence-corrected chi connectivity index (χ0v) is 11.2. The molecule has 1 heterocycles. The van der Waals surface area contributed by atoms with Crippen molar-refractivity contribution in [2.45, 2.75) is 19.8 Å². The molecule has 0 saturated heterocycles. The van der Waals surface area contributed by atoms with E-state index < -0.39 is 0 Å². The second kappa shape index (κ2) is 5.27. The Kier molecular flexibility index (Phi) is 3.74.